The fourth-order valence-corrected chi connectivity index (χ4v) is 1.90. The second-order valence-electron chi connectivity index (χ2n) is 3.87. The van der Waals surface area contributed by atoms with Gasteiger partial charge in [0.1, 0.15) is 0 Å². The molecular weight excluding hydrogens is 228 g/mol. The Morgan fingerprint density at radius 3 is 2.44 bits per heavy atom. The summed E-state index contributed by atoms with van der Waals surface area (Å²) in [7, 11) is 2.19. The molecular formula is C14H24N2O2. The maximum atomic E-state index is 7.62. The molecule has 1 aromatic heterocycles. The molecule has 1 fully saturated rings. The van der Waals surface area contributed by atoms with E-state index < -0.39 is 0 Å². The van der Waals surface area contributed by atoms with Gasteiger partial charge in [0.15, 0.2) is 0 Å². The van der Waals surface area contributed by atoms with E-state index in [2.05, 4.69) is 36.2 Å². The van der Waals surface area contributed by atoms with Crippen LogP contribution in [0.25, 0.3) is 0 Å². The molecule has 0 saturated carbocycles. The van der Waals surface area contributed by atoms with Crippen LogP contribution in [-0.2, 0) is 0 Å². The molecule has 4 nitrogen and oxygen atoms in total. The number of aliphatic hydroxyl groups excluding tert-OH is 2. The molecule has 1 aliphatic heterocycles. The Morgan fingerprint density at radius 2 is 2.06 bits per heavy atom. The number of hydrogen-bond donors (Lipinski definition) is 2. The van der Waals surface area contributed by atoms with Gasteiger partial charge in [0.25, 0.3) is 0 Å². The van der Waals surface area contributed by atoms with Gasteiger partial charge in [-0.15, -0.1) is 13.2 Å². The highest BCUT2D eigenvalue weighted by atomic mass is 16.3. The number of rotatable bonds is 2. The quantitative estimate of drug-likeness (QED) is 0.785. The Bertz CT molecular complexity index is 291. The molecule has 0 unspecified atom stereocenters. The van der Waals surface area contributed by atoms with E-state index in [1.165, 1.54) is 24.9 Å². The van der Waals surface area contributed by atoms with Crippen molar-refractivity contribution in [1.82, 2.24) is 9.88 Å². The monoisotopic (exact) mass is 252 g/mol. The van der Waals surface area contributed by atoms with Gasteiger partial charge in [-0.3, -0.25) is 9.88 Å². The Balaban J connectivity index is 0.000000415. The van der Waals surface area contributed by atoms with E-state index in [0.717, 1.165) is 0 Å². The first kappa shape index (κ1) is 16.8. The van der Waals surface area contributed by atoms with E-state index in [1.807, 2.05) is 18.5 Å². The minimum atomic E-state index is -0.125. The molecule has 0 aliphatic carbocycles. The first-order chi connectivity index (χ1) is 8.79. The van der Waals surface area contributed by atoms with Crippen molar-refractivity contribution in [2.75, 3.05) is 26.8 Å². The molecule has 0 bridgehead atoms. The second kappa shape index (κ2) is 10.9. The van der Waals surface area contributed by atoms with Crippen LogP contribution < -0.4 is 0 Å². The fraction of sp³-hybridized carbons (Fsp3) is 0.500. The minimum Gasteiger partial charge on any atom is -0.394 e. The molecule has 1 aromatic rings. The summed E-state index contributed by atoms with van der Waals surface area (Å²) in [6, 6.07) is 4.79. The summed E-state index contributed by atoms with van der Waals surface area (Å²) in [5.41, 5.74) is 1.36. The fourth-order valence-electron chi connectivity index (χ4n) is 1.90. The van der Waals surface area contributed by atoms with Crippen molar-refractivity contribution in [3.63, 3.8) is 0 Å². The van der Waals surface area contributed by atoms with Gasteiger partial charge >= 0.3 is 0 Å². The van der Waals surface area contributed by atoms with Gasteiger partial charge < -0.3 is 10.2 Å². The molecule has 0 radical (unpaired) electrons. The average Bonchev–Trinajstić information content (AvgIpc) is 2.88. The van der Waals surface area contributed by atoms with Gasteiger partial charge in [0, 0.05) is 18.4 Å². The van der Waals surface area contributed by atoms with Gasteiger partial charge in [0.2, 0.25) is 0 Å². The lowest BCUT2D eigenvalue weighted by molar-refractivity contribution is 0.186. The van der Waals surface area contributed by atoms with Crippen LogP contribution in [-0.4, -0.2) is 46.9 Å². The predicted molar refractivity (Wildman–Crippen MR) is 74.3 cm³/mol. The Hall–Kier alpha value is -1.23. The molecule has 18 heavy (non-hydrogen) atoms. The molecule has 0 amide bonds. The Labute approximate surface area is 110 Å². The number of likely N-dealkylation sites (tertiary alicyclic amines) is 1. The van der Waals surface area contributed by atoms with Crippen LogP contribution in [0.2, 0.25) is 0 Å². The van der Waals surface area contributed by atoms with Crippen molar-refractivity contribution in [1.29, 1.82) is 0 Å². The van der Waals surface area contributed by atoms with Gasteiger partial charge in [-0.25, -0.2) is 0 Å². The largest absolute Gasteiger partial charge is 0.394 e. The van der Waals surface area contributed by atoms with Gasteiger partial charge in [-0.2, -0.15) is 0 Å². The summed E-state index contributed by atoms with van der Waals surface area (Å²) in [5, 5.41) is 15.2. The van der Waals surface area contributed by atoms with Crippen molar-refractivity contribution >= 4 is 0 Å². The van der Waals surface area contributed by atoms with Crippen LogP contribution in [0.15, 0.2) is 37.7 Å². The standard InChI is InChI=1S/C10H14N2.C2H6O2.C2H4/c1-12-7-3-5-10(12)9-4-2-6-11-8-9;3-1-2-4;1-2/h2,4,6,8,10H,3,5,7H2,1H3;3-4H,1-2H2;1-2H2/t10-;;/m0../s1. The first-order valence-corrected chi connectivity index (χ1v) is 6.11. The summed E-state index contributed by atoms with van der Waals surface area (Å²) < 4.78 is 0. The SMILES string of the molecule is C=C.CN1CCC[C@H]1c1cccnc1.OCCO. The first-order valence-electron chi connectivity index (χ1n) is 6.11. The lowest BCUT2D eigenvalue weighted by atomic mass is 10.1. The molecule has 1 aliphatic rings. The predicted octanol–water partition coefficient (Wildman–Crippen LogP) is 1.62. The van der Waals surface area contributed by atoms with Crippen molar-refractivity contribution in [2.24, 2.45) is 0 Å². The normalized spacial score (nSPS) is 18.3. The number of aliphatic hydroxyl groups is 2. The van der Waals surface area contributed by atoms with Crippen LogP contribution in [0.5, 0.6) is 0 Å². The van der Waals surface area contributed by atoms with E-state index in [-0.39, 0.29) is 13.2 Å². The molecule has 102 valence electrons. The van der Waals surface area contributed by atoms with Crippen LogP contribution in [0, 0.1) is 0 Å². The lowest BCUT2D eigenvalue weighted by Gasteiger charge is -2.18. The highest BCUT2D eigenvalue weighted by molar-refractivity contribution is 5.14. The third-order valence-electron chi connectivity index (χ3n) is 2.69. The van der Waals surface area contributed by atoms with E-state index >= 15 is 0 Å². The summed E-state index contributed by atoms with van der Waals surface area (Å²) in [4.78, 5) is 6.54. The summed E-state index contributed by atoms with van der Waals surface area (Å²) in [6.07, 6.45) is 6.41. The Kier molecular flexibility index (Phi) is 10.2. The average molecular weight is 252 g/mol. The third kappa shape index (κ3) is 5.91. The van der Waals surface area contributed by atoms with E-state index in [9.17, 15) is 0 Å². The Morgan fingerprint density at radius 1 is 1.39 bits per heavy atom. The number of hydrogen-bond acceptors (Lipinski definition) is 4. The van der Waals surface area contributed by atoms with Crippen LogP contribution in [0.1, 0.15) is 24.4 Å². The molecule has 4 heteroatoms. The van der Waals surface area contributed by atoms with Gasteiger partial charge in [-0.05, 0) is 38.1 Å². The van der Waals surface area contributed by atoms with Gasteiger partial charge in [0.05, 0.1) is 13.2 Å². The van der Waals surface area contributed by atoms with Crippen molar-refractivity contribution in [3.8, 4) is 0 Å². The maximum absolute atomic E-state index is 7.62. The maximum Gasteiger partial charge on any atom is 0.0662 e. The molecule has 0 aromatic carbocycles. The molecule has 1 saturated heterocycles. The zero-order valence-electron chi connectivity index (χ0n) is 11.1. The molecule has 1 atom stereocenters. The second-order valence-corrected chi connectivity index (χ2v) is 3.87. The van der Waals surface area contributed by atoms with Crippen LogP contribution in [0.4, 0.5) is 0 Å². The highest BCUT2D eigenvalue weighted by Gasteiger charge is 2.21. The van der Waals surface area contributed by atoms with Crippen molar-refractivity contribution < 1.29 is 10.2 Å². The number of nitrogens with zero attached hydrogens (tertiary/aromatic N) is 2. The summed E-state index contributed by atoms with van der Waals surface area (Å²) in [5.74, 6) is 0. The molecule has 2 heterocycles. The van der Waals surface area contributed by atoms with Crippen molar-refractivity contribution in [2.45, 2.75) is 18.9 Å². The van der Waals surface area contributed by atoms with E-state index in [4.69, 9.17) is 10.2 Å². The lowest BCUT2D eigenvalue weighted by Crippen LogP contribution is -2.17. The van der Waals surface area contributed by atoms with E-state index in [0.29, 0.717) is 6.04 Å². The van der Waals surface area contributed by atoms with Crippen molar-refractivity contribution in [3.05, 3.63) is 43.2 Å². The van der Waals surface area contributed by atoms with E-state index in [1.54, 1.807) is 0 Å². The number of aromatic nitrogens is 1. The zero-order chi connectivity index (χ0) is 13.8. The topological polar surface area (TPSA) is 56.6 Å². The minimum absolute atomic E-state index is 0.125. The molecule has 2 rings (SSSR count). The molecule has 0 spiro atoms. The van der Waals surface area contributed by atoms with Crippen LogP contribution in [0.3, 0.4) is 0 Å². The summed E-state index contributed by atoms with van der Waals surface area (Å²) in [6.45, 7) is 6.97. The zero-order valence-corrected chi connectivity index (χ0v) is 11.1. The number of pyridine rings is 1. The third-order valence-corrected chi connectivity index (χ3v) is 2.69. The smallest absolute Gasteiger partial charge is 0.0662 e. The summed E-state index contributed by atoms with van der Waals surface area (Å²) >= 11 is 0. The molecule has 2 N–H and O–H groups in total. The highest BCUT2D eigenvalue weighted by Crippen LogP contribution is 2.29. The van der Waals surface area contributed by atoms with Crippen LogP contribution >= 0.6 is 0 Å². The van der Waals surface area contributed by atoms with Gasteiger partial charge in [-0.1, -0.05) is 6.07 Å².